The molecule has 0 spiro atoms. The Kier molecular flexibility index (Phi) is 6.88. The highest BCUT2D eigenvalue weighted by Crippen LogP contribution is 2.38. The molecule has 2 N–H and O–H groups in total. The molecule has 1 aromatic carbocycles. The van der Waals surface area contributed by atoms with E-state index in [-0.39, 0.29) is 6.03 Å². The van der Waals surface area contributed by atoms with Gasteiger partial charge >= 0.3 is 6.03 Å². The second-order valence-electron chi connectivity index (χ2n) is 5.16. The van der Waals surface area contributed by atoms with E-state index in [1.165, 1.54) is 0 Å². The Morgan fingerprint density at radius 1 is 1.16 bits per heavy atom. The van der Waals surface area contributed by atoms with E-state index < -0.39 is 0 Å². The van der Waals surface area contributed by atoms with Gasteiger partial charge < -0.3 is 24.8 Å². The number of methoxy groups -OCH3 is 2. The van der Waals surface area contributed by atoms with Crippen LogP contribution in [-0.2, 0) is 13.1 Å². The first-order chi connectivity index (χ1) is 12.1. The Hall–Kier alpha value is -2.48. The third kappa shape index (κ3) is 5.25. The molecule has 0 saturated carbocycles. The number of hydrogen-bond donors (Lipinski definition) is 2. The number of carbonyl (C=O) groups is 1. The number of thiazole rings is 1. The molecule has 1 aromatic heterocycles. The van der Waals surface area contributed by atoms with Crippen LogP contribution in [0.3, 0.4) is 0 Å². The lowest BCUT2D eigenvalue weighted by Crippen LogP contribution is -2.34. The lowest BCUT2D eigenvalue weighted by Gasteiger charge is -2.15. The van der Waals surface area contributed by atoms with E-state index in [1.807, 2.05) is 31.4 Å². The summed E-state index contributed by atoms with van der Waals surface area (Å²) in [4.78, 5) is 16.2. The van der Waals surface area contributed by atoms with Gasteiger partial charge in [-0.05, 0) is 31.5 Å². The van der Waals surface area contributed by atoms with Gasteiger partial charge in [0.1, 0.15) is 0 Å². The predicted molar refractivity (Wildman–Crippen MR) is 96.6 cm³/mol. The van der Waals surface area contributed by atoms with E-state index in [9.17, 15) is 4.79 Å². The van der Waals surface area contributed by atoms with Crippen molar-refractivity contribution in [1.82, 2.24) is 15.6 Å². The monoisotopic (exact) mass is 365 g/mol. The summed E-state index contributed by atoms with van der Waals surface area (Å²) in [6, 6.07) is 3.37. The van der Waals surface area contributed by atoms with Crippen molar-refractivity contribution in [1.29, 1.82) is 0 Å². The minimum Gasteiger partial charge on any atom is -0.493 e. The topological polar surface area (TPSA) is 81.7 Å². The number of carbonyl (C=O) groups excluding carboxylic acids is 1. The highest BCUT2D eigenvalue weighted by molar-refractivity contribution is 7.09. The van der Waals surface area contributed by atoms with Gasteiger partial charge in [-0.1, -0.05) is 0 Å². The van der Waals surface area contributed by atoms with Crippen molar-refractivity contribution in [2.45, 2.75) is 26.9 Å². The molecule has 0 aliphatic heterocycles. The van der Waals surface area contributed by atoms with Crippen molar-refractivity contribution < 1.29 is 19.0 Å². The molecule has 0 unspecified atom stereocenters. The van der Waals surface area contributed by atoms with Crippen LogP contribution < -0.4 is 24.8 Å². The van der Waals surface area contributed by atoms with Gasteiger partial charge in [-0.2, -0.15) is 0 Å². The first-order valence-electron chi connectivity index (χ1n) is 7.87. The number of nitrogens with zero attached hydrogens (tertiary/aromatic N) is 1. The summed E-state index contributed by atoms with van der Waals surface area (Å²) in [5.74, 6) is 1.69. The van der Waals surface area contributed by atoms with E-state index in [0.29, 0.717) is 36.9 Å². The lowest BCUT2D eigenvalue weighted by molar-refractivity contribution is 0.240. The van der Waals surface area contributed by atoms with Gasteiger partial charge in [-0.15, -0.1) is 11.3 Å². The maximum Gasteiger partial charge on any atom is 0.315 e. The van der Waals surface area contributed by atoms with Crippen molar-refractivity contribution in [3.8, 4) is 17.2 Å². The SMILES string of the molecule is CCOc1c(OC)cc(CNC(=O)NCc2csc(C)n2)cc1OC. The summed E-state index contributed by atoms with van der Waals surface area (Å²) in [6.45, 7) is 5.05. The first kappa shape index (κ1) is 18.9. The highest BCUT2D eigenvalue weighted by Gasteiger charge is 2.14. The molecule has 0 bridgehead atoms. The molecule has 2 aromatic rings. The third-order valence-electron chi connectivity index (χ3n) is 3.36. The van der Waals surface area contributed by atoms with Gasteiger partial charge in [0, 0.05) is 11.9 Å². The molecule has 0 atom stereocenters. The molecule has 8 heteroatoms. The van der Waals surface area contributed by atoms with Crippen molar-refractivity contribution >= 4 is 17.4 Å². The van der Waals surface area contributed by atoms with E-state index >= 15 is 0 Å². The summed E-state index contributed by atoms with van der Waals surface area (Å²) >= 11 is 1.56. The second kappa shape index (κ2) is 9.12. The molecular formula is C17H23N3O4S. The number of ether oxygens (including phenoxy) is 3. The Labute approximate surface area is 151 Å². The van der Waals surface area contributed by atoms with Crippen molar-refractivity contribution in [3.63, 3.8) is 0 Å². The smallest absolute Gasteiger partial charge is 0.315 e. The minimum absolute atomic E-state index is 0.266. The summed E-state index contributed by atoms with van der Waals surface area (Å²) in [6.07, 6.45) is 0. The molecule has 0 fully saturated rings. The van der Waals surface area contributed by atoms with Crippen LogP contribution in [0, 0.1) is 6.92 Å². The van der Waals surface area contributed by atoms with Gasteiger partial charge in [-0.3, -0.25) is 0 Å². The van der Waals surface area contributed by atoms with Gasteiger partial charge in [0.25, 0.3) is 0 Å². The maximum atomic E-state index is 11.9. The lowest BCUT2D eigenvalue weighted by atomic mass is 10.2. The van der Waals surface area contributed by atoms with Crippen LogP contribution in [0.5, 0.6) is 17.2 Å². The Bertz CT molecular complexity index is 693. The quantitative estimate of drug-likeness (QED) is 0.752. The zero-order chi connectivity index (χ0) is 18.2. The molecule has 2 rings (SSSR count). The van der Waals surface area contributed by atoms with E-state index in [4.69, 9.17) is 14.2 Å². The number of hydrogen-bond acceptors (Lipinski definition) is 6. The van der Waals surface area contributed by atoms with Crippen LogP contribution >= 0.6 is 11.3 Å². The number of rotatable bonds is 8. The number of aromatic nitrogens is 1. The molecule has 0 radical (unpaired) electrons. The zero-order valence-electron chi connectivity index (χ0n) is 14.8. The Balaban J connectivity index is 1.96. The highest BCUT2D eigenvalue weighted by atomic mass is 32.1. The van der Waals surface area contributed by atoms with Gasteiger partial charge in [0.05, 0.1) is 38.1 Å². The largest absolute Gasteiger partial charge is 0.493 e. The molecule has 136 valence electrons. The number of aryl methyl sites for hydroxylation is 1. The Morgan fingerprint density at radius 3 is 2.32 bits per heavy atom. The van der Waals surface area contributed by atoms with Crippen LogP contribution in [0.2, 0.25) is 0 Å². The standard InChI is InChI=1S/C17H23N3O4S/c1-5-24-16-14(22-3)6-12(7-15(16)23-4)8-18-17(21)19-9-13-10-25-11(2)20-13/h6-7,10H,5,8-9H2,1-4H3,(H2,18,19,21). The van der Waals surface area contributed by atoms with Crippen molar-refractivity contribution in [3.05, 3.63) is 33.8 Å². The van der Waals surface area contributed by atoms with Crippen LogP contribution in [-0.4, -0.2) is 31.8 Å². The Morgan fingerprint density at radius 2 is 1.80 bits per heavy atom. The van der Waals surface area contributed by atoms with Crippen LogP contribution in [0.1, 0.15) is 23.2 Å². The molecule has 2 amide bonds. The predicted octanol–water partition coefficient (Wildman–Crippen LogP) is 2.87. The van der Waals surface area contributed by atoms with Crippen molar-refractivity contribution in [2.24, 2.45) is 0 Å². The molecule has 0 aliphatic rings. The fourth-order valence-corrected chi connectivity index (χ4v) is 2.84. The van der Waals surface area contributed by atoms with Crippen LogP contribution in [0.4, 0.5) is 4.79 Å². The van der Waals surface area contributed by atoms with Gasteiger partial charge in [0.15, 0.2) is 11.5 Å². The zero-order valence-corrected chi connectivity index (χ0v) is 15.7. The van der Waals surface area contributed by atoms with E-state index in [1.54, 1.807) is 25.6 Å². The molecule has 0 aliphatic carbocycles. The molecule has 1 heterocycles. The van der Waals surface area contributed by atoms with Gasteiger partial charge in [-0.25, -0.2) is 9.78 Å². The van der Waals surface area contributed by atoms with Crippen molar-refractivity contribution in [2.75, 3.05) is 20.8 Å². The molecular weight excluding hydrogens is 342 g/mol. The van der Waals surface area contributed by atoms with E-state index in [0.717, 1.165) is 16.3 Å². The number of amides is 2. The number of nitrogens with one attached hydrogen (secondary N) is 2. The second-order valence-corrected chi connectivity index (χ2v) is 6.22. The average Bonchev–Trinajstić information content (AvgIpc) is 3.04. The number of benzene rings is 1. The molecule has 7 nitrogen and oxygen atoms in total. The maximum absolute atomic E-state index is 11.9. The fourth-order valence-electron chi connectivity index (χ4n) is 2.23. The normalized spacial score (nSPS) is 10.2. The summed E-state index contributed by atoms with van der Waals surface area (Å²) < 4.78 is 16.3. The molecule has 0 saturated heterocycles. The fraction of sp³-hybridized carbons (Fsp3) is 0.412. The third-order valence-corrected chi connectivity index (χ3v) is 4.18. The summed E-state index contributed by atoms with van der Waals surface area (Å²) in [5.41, 5.74) is 1.69. The summed E-state index contributed by atoms with van der Waals surface area (Å²) in [7, 11) is 3.13. The van der Waals surface area contributed by atoms with Crippen LogP contribution in [0.25, 0.3) is 0 Å². The van der Waals surface area contributed by atoms with Crippen LogP contribution in [0.15, 0.2) is 17.5 Å². The van der Waals surface area contributed by atoms with E-state index in [2.05, 4.69) is 15.6 Å². The summed E-state index contributed by atoms with van der Waals surface area (Å²) in [5, 5.41) is 8.49. The minimum atomic E-state index is -0.266. The molecule has 25 heavy (non-hydrogen) atoms. The van der Waals surface area contributed by atoms with Gasteiger partial charge in [0.2, 0.25) is 5.75 Å². The number of urea groups is 1. The first-order valence-corrected chi connectivity index (χ1v) is 8.75. The average molecular weight is 365 g/mol.